The summed E-state index contributed by atoms with van der Waals surface area (Å²) < 4.78 is 5.70. The average Bonchev–Trinajstić information content (AvgIpc) is 2.98. The van der Waals surface area contributed by atoms with Gasteiger partial charge in [0, 0.05) is 22.5 Å². The zero-order chi connectivity index (χ0) is 15.3. The molecule has 112 valence electrons. The van der Waals surface area contributed by atoms with Crippen LogP contribution in [0.1, 0.15) is 29.1 Å². The number of nitrogens with two attached hydrogens (primary N) is 1. The van der Waals surface area contributed by atoms with Gasteiger partial charge in [0.15, 0.2) is 0 Å². The number of carbonyl (C=O) groups is 1. The smallest absolute Gasteiger partial charge is 0.251 e. The Hall–Kier alpha value is -1.85. The molecule has 0 fully saturated rings. The largest absolute Gasteiger partial charge is 0.488 e. The fourth-order valence-corrected chi connectivity index (χ4v) is 2.32. The van der Waals surface area contributed by atoms with Crippen molar-refractivity contribution in [1.82, 2.24) is 5.32 Å². The van der Waals surface area contributed by atoms with E-state index in [1.165, 1.54) is 0 Å². The second-order valence-corrected chi connectivity index (χ2v) is 6.47. The maximum absolute atomic E-state index is 12.2. The maximum atomic E-state index is 12.2. The molecule has 0 spiro atoms. The first-order valence-electron chi connectivity index (χ1n) is 6.78. The number of nitrogens with one attached hydrogen (secondary N) is 1. The molecule has 1 aromatic carbocycles. The topological polar surface area (TPSA) is 64.3 Å². The molecule has 0 aliphatic heterocycles. The molecule has 1 aromatic heterocycles. The van der Waals surface area contributed by atoms with Gasteiger partial charge in [-0.25, -0.2) is 0 Å². The van der Waals surface area contributed by atoms with Gasteiger partial charge in [-0.2, -0.15) is 0 Å². The van der Waals surface area contributed by atoms with Crippen molar-refractivity contribution in [1.29, 1.82) is 0 Å². The molecule has 0 radical (unpaired) electrons. The molecule has 0 saturated heterocycles. The lowest BCUT2D eigenvalue weighted by molar-refractivity contribution is 0.0915. The lowest BCUT2D eigenvalue weighted by atomic mass is 10.1. The zero-order valence-corrected chi connectivity index (χ0v) is 13.1. The summed E-state index contributed by atoms with van der Waals surface area (Å²) >= 11 is 1.65. The number of ether oxygens (including phenoxy) is 1. The summed E-state index contributed by atoms with van der Waals surface area (Å²) in [5.74, 6) is 0.536. The van der Waals surface area contributed by atoms with Gasteiger partial charge in [-0.1, -0.05) is 12.1 Å². The molecule has 0 unspecified atom stereocenters. The van der Waals surface area contributed by atoms with Crippen LogP contribution in [0, 0.1) is 0 Å². The summed E-state index contributed by atoms with van der Waals surface area (Å²) in [5.41, 5.74) is 5.77. The summed E-state index contributed by atoms with van der Waals surface area (Å²) in [6.45, 7) is 4.68. The molecule has 21 heavy (non-hydrogen) atoms. The third-order valence-electron chi connectivity index (χ3n) is 3.02. The molecule has 0 aliphatic rings. The summed E-state index contributed by atoms with van der Waals surface area (Å²) in [6.07, 6.45) is 0. The van der Waals surface area contributed by atoms with Crippen molar-refractivity contribution in [3.8, 4) is 5.75 Å². The molecular weight excluding hydrogens is 284 g/mol. The van der Waals surface area contributed by atoms with Crippen LogP contribution in [-0.2, 0) is 6.61 Å². The van der Waals surface area contributed by atoms with Crippen molar-refractivity contribution in [2.45, 2.75) is 26.0 Å². The van der Waals surface area contributed by atoms with E-state index < -0.39 is 5.54 Å². The molecule has 2 aromatic rings. The summed E-state index contributed by atoms with van der Waals surface area (Å²) in [6, 6.07) is 11.2. The summed E-state index contributed by atoms with van der Waals surface area (Å²) in [7, 11) is 0. The minimum Gasteiger partial charge on any atom is -0.488 e. The minimum absolute atomic E-state index is 0.146. The van der Waals surface area contributed by atoms with Gasteiger partial charge in [0.05, 0.1) is 0 Å². The van der Waals surface area contributed by atoms with Crippen LogP contribution in [0.3, 0.4) is 0 Å². The van der Waals surface area contributed by atoms with E-state index in [1.54, 1.807) is 23.5 Å². The summed E-state index contributed by atoms with van der Waals surface area (Å²) in [5, 5.41) is 4.91. The Labute approximate surface area is 128 Å². The molecule has 0 atom stereocenters. The Kier molecular flexibility index (Phi) is 4.98. The fourth-order valence-electron chi connectivity index (χ4n) is 1.71. The lowest BCUT2D eigenvalue weighted by Gasteiger charge is -2.24. The van der Waals surface area contributed by atoms with Crippen molar-refractivity contribution in [2.24, 2.45) is 5.73 Å². The highest BCUT2D eigenvalue weighted by molar-refractivity contribution is 7.09. The molecule has 1 amide bonds. The van der Waals surface area contributed by atoms with Crippen LogP contribution in [0.4, 0.5) is 0 Å². The van der Waals surface area contributed by atoms with Gasteiger partial charge in [-0.3, -0.25) is 4.79 Å². The van der Waals surface area contributed by atoms with Crippen LogP contribution in [-0.4, -0.2) is 18.0 Å². The molecule has 1 heterocycles. The number of thiophene rings is 1. The van der Waals surface area contributed by atoms with Crippen LogP contribution in [0.25, 0.3) is 0 Å². The van der Waals surface area contributed by atoms with E-state index in [1.807, 2.05) is 43.5 Å². The highest BCUT2D eigenvalue weighted by Crippen LogP contribution is 2.17. The van der Waals surface area contributed by atoms with Crippen molar-refractivity contribution in [2.75, 3.05) is 6.54 Å². The van der Waals surface area contributed by atoms with E-state index in [4.69, 9.17) is 10.5 Å². The molecule has 3 N–H and O–H groups in total. The molecule has 0 saturated carbocycles. The average molecular weight is 304 g/mol. The monoisotopic (exact) mass is 304 g/mol. The van der Waals surface area contributed by atoms with Crippen molar-refractivity contribution < 1.29 is 9.53 Å². The SMILES string of the molecule is CC(C)(CN)NC(=O)c1cccc(OCc2cccs2)c1. The summed E-state index contributed by atoms with van der Waals surface area (Å²) in [4.78, 5) is 13.3. The van der Waals surface area contributed by atoms with Crippen molar-refractivity contribution in [3.63, 3.8) is 0 Å². The van der Waals surface area contributed by atoms with E-state index in [-0.39, 0.29) is 5.91 Å². The van der Waals surface area contributed by atoms with Crippen LogP contribution < -0.4 is 15.8 Å². The number of rotatable bonds is 6. The van der Waals surface area contributed by atoms with Gasteiger partial charge < -0.3 is 15.8 Å². The van der Waals surface area contributed by atoms with E-state index in [0.717, 1.165) is 4.88 Å². The van der Waals surface area contributed by atoms with Gasteiger partial charge in [-0.15, -0.1) is 11.3 Å². The van der Waals surface area contributed by atoms with E-state index in [9.17, 15) is 4.79 Å². The number of hydrogen-bond donors (Lipinski definition) is 2. The Morgan fingerprint density at radius 3 is 2.81 bits per heavy atom. The van der Waals surface area contributed by atoms with Gasteiger partial charge in [0.1, 0.15) is 12.4 Å². The minimum atomic E-state index is -0.426. The Morgan fingerprint density at radius 1 is 1.33 bits per heavy atom. The van der Waals surface area contributed by atoms with E-state index >= 15 is 0 Å². The Bertz CT molecular complexity index is 594. The van der Waals surface area contributed by atoms with Gasteiger partial charge in [0.25, 0.3) is 5.91 Å². The maximum Gasteiger partial charge on any atom is 0.251 e. The number of hydrogen-bond acceptors (Lipinski definition) is 4. The first kappa shape index (κ1) is 15.5. The molecule has 2 rings (SSSR count). The Balaban J connectivity index is 2.01. The predicted octanol–water partition coefficient (Wildman–Crippen LogP) is 2.79. The lowest BCUT2D eigenvalue weighted by Crippen LogP contribution is -2.48. The van der Waals surface area contributed by atoms with Gasteiger partial charge >= 0.3 is 0 Å². The van der Waals surface area contributed by atoms with Crippen LogP contribution in [0.5, 0.6) is 5.75 Å². The first-order valence-corrected chi connectivity index (χ1v) is 7.66. The number of benzene rings is 1. The second-order valence-electron chi connectivity index (χ2n) is 5.44. The predicted molar refractivity (Wildman–Crippen MR) is 85.7 cm³/mol. The number of amides is 1. The van der Waals surface area contributed by atoms with Crippen molar-refractivity contribution >= 4 is 17.2 Å². The van der Waals surface area contributed by atoms with Gasteiger partial charge in [0.2, 0.25) is 0 Å². The number of carbonyl (C=O) groups excluding carboxylic acids is 1. The normalized spacial score (nSPS) is 11.2. The van der Waals surface area contributed by atoms with Gasteiger partial charge in [-0.05, 0) is 43.5 Å². The molecule has 0 bridgehead atoms. The third kappa shape index (κ3) is 4.58. The quantitative estimate of drug-likeness (QED) is 0.862. The van der Waals surface area contributed by atoms with Crippen LogP contribution >= 0.6 is 11.3 Å². The fraction of sp³-hybridized carbons (Fsp3) is 0.312. The zero-order valence-electron chi connectivity index (χ0n) is 12.3. The Morgan fingerprint density at radius 2 is 2.14 bits per heavy atom. The second kappa shape index (κ2) is 6.74. The highest BCUT2D eigenvalue weighted by Gasteiger charge is 2.19. The molecular formula is C16H20N2O2S. The standard InChI is InChI=1S/C16H20N2O2S/c1-16(2,11-17)18-15(19)12-5-3-6-13(9-12)20-10-14-7-4-8-21-14/h3-9H,10-11,17H2,1-2H3,(H,18,19). The molecule has 0 aliphatic carbocycles. The van der Waals surface area contributed by atoms with E-state index in [0.29, 0.717) is 24.5 Å². The highest BCUT2D eigenvalue weighted by atomic mass is 32.1. The first-order chi connectivity index (χ1) is 10.00. The molecule has 4 nitrogen and oxygen atoms in total. The van der Waals surface area contributed by atoms with Crippen molar-refractivity contribution in [3.05, 3.63) is 52.2 Å². The van der Waals surface area contributed by atoms with Crippen LogP contribution in [0.15, 0.2) is 41.8 Å². The van der Waals surface area contributed by atoms with Crippen LogP contribution in [0.2, 0.25) is 0 Å². The molecule has 5 heteroatoms. The van der Waals surface area contributed by atoms with E-state index in [2.05, 4.69) is 5.32 Å². The third-order valence-corrected chi connectivity index (χ3v) is 3.87.